The molecule has 2 heterocycles. The molecule has 0 saturated carbocycles. The number of furan rings is 1. The van der Waals surface area contributed by atoms with Crippen LogP contribution in [0, 0.1) is 6.92 Å². The van der Waals surface area contributed by atoms with Crippen LogP contribution in [0.3, 0.4) is 0 Å². The molecule has 0 saturated heterocycles. The summed E-state index contributed by atoms with van der Waals surface area (Å²) in [5.41, 5.74) is 5.79. The number of amides is 1. The van der Waals surface area contributed by atoms with Crippen molar-refractivity contribution in [3.8, 4) is 0 Å². The Kier molecular flexibility index (Phi) is 6.68. The largest absolute Gasteiger partial charge is 0.457 e. The number of aromatic nitrogens is 2. The Balaban J connectivity index is 1.85. The zero-order valence-corrected chi connectivity index (χ0v) is 17.3. The van der Waals surface area contributed by atoms with Crippen molar-refractivity contribution in [3.05, 3.63) is 64.5 Å². The summed E-state index contributed by atoms with van der Waals surface area (Å²) in [4.78, 5) is 32.6. The zero-order chi connectivity index (χ0) is 23.5. The van der Waals surface area contributed by atoms with Gasteiger partial charge in [0, 0.05) is 24.0 Å². The molecule has 168 valence electrons. The van der Waals surface area contributed by atoms with Gasteiger partial charge in [0.25, 0.3) is 5.91 Å². The van der Waals surface area contributed by atoms with Crippen molar-refractivity contribution in [2.24, 2.45) is 5.73 Å². The second-order valence-electron chi connectivity index (χ2n) is 6.56. The minimum Gasteiger partial charge on any atom is -0.457 e. The van der Waals surface area contributed by atoms with Crippen LogP contribution in [0.15, 0.2) is 41.2 Å². The van der Waals surface area contributed by atoms with E-state index in [1.165, 1.54) is 18.5 Å². The van der Waals surface area contributed by atoms with Crippen molar-refractivity contribution in [1.82, 2.24) is 15.3 Å². The van der Waals surface area contributed by atoms with Crippen molar-refractivity contribution in [2.45, 2.75) is 19.6 Å². The average molecular weight is 469 g/mol. The number of esters is 1. The van der Waals surface area contributed by atoms with Gasteiger partial charge in [0.05, 0.1) is 17.1 Å². The highest BCUT2D eigenvalue weighted by molar-refractivity contribution is 6.36. The van der Waals surface area contributed by atoms with Gasteiger partial charge in [0.1, 0.15) is 11.3 Å². The molecule has 3 rings (SSSR count). The fourth-order valence-electron chi connectivity index (χ4n) is 2.80. The van der Waals surface area contributed by atoms with Crippen molar-refractivity contribution >= 4 is 40.0 Å². The van der Waals surface area contributed by atoms with Crippen molar-refractivity contribution in [2.75, 3.05) is 6.61 Å². The Morgan fingerprint density at radius 1 is 1.28 bits per heavy atom. The average Bonchev–Trinajstić information content (AvgIpc) is 3.06. The maximum absolute atomic E-state index is 12.5. The summed E-state index contributed by atoms with van der Waals surface area (Å²) in [6.45, 7) is -0.316. The molecule has 8 nitrogen and oxygen atoms in total. The fourth-order valence-corrected chi connectivity index (χ4v) is 3.05. The molecule has 0 atom stereocenters. The van der Waals surface area contributed by atoms with Gasteiger partial charge < -0.3 is 20.2 Å². The lowest BCUT2D eigenvalue weighted by molar-refractivity contribution is -0.161. The third kappa shape index (κ3) is 5.17. The molecule has 0 aliphatic rings. The molecule has 0 aliphatic heterocycles. The molecule has 12 heteroatoms. The van der Waals surface area contributed by atoms with Gasteiger partial charge in [-0.3, -0.25) is 4.79 Å². The predicted octanol–water partition coefficient (Wildman–Crippen LogP) is 3.52. The highest BCUT2D eigenvalue weighted by Gasteiger charge is 2.31. The molecule has 3 N–H and O–H groups in total. The van der Waals surface area contributed by atoms with E-state index in [1.807, 2.05) is 0 Å². The number of aryl methyl sites for hydroxylation is 1. The third-order valence-electron chi connectivity index (χ3n) is 4.15. The van der Waals surface area contributed by atoms with Gasteiger partial charge in [-0.15, -0.1) is 0 Å². The van der Waals surface area contributed by atoms with Crippen LogP contribution in [0.25, 0.3) is 16.5 Å². The maximum Gasteiger partial charge on any atom is 0.422 e. The lowest BCUT2D eigenvalue weighted by atomic mass is 10.1. The van der Waals surface area contributed by atoms with Gasteiger partial charge in [-0.2, -0.15) is 13.2 Å². The van der Waals surface area contributed by atoms with E-state index in [0.29, 0.717) is 5.56 Å². The van der Waals surface area contributed by atoms with Crippen LogP contribution in [0.1, 0.15) is 27.5 Å². The number of nitrogens with zero attached hydrogens (tertiary/aromatic N) is 2. The molecule has 0 radical (unpaired) electrons. The van der Waals surface area contributed by atoms with E-state index in [2.05, 4.69) is 20.0 Å². The van der Waals surface area contributed by atoms with E-state index in [1.54, 1.807) is 19.1 Å². The van der Waals surface area contributed by atoms with Crippen LogP contribution in [0.2, 0.25) is 5.02 Å². The lowest BCUT2D eigenvalue weighted by Crippen LogP contribution is -2.25. The molecule has 1 amide bonds. The summed E-state index contributed by atoms with van der Waals surface area (Å²) in [6.07, 6.45) is -0.748. The van der Waals surface area contributed by atoms with Crippen molar-refractivity contribution in [1.29, 1.82) is 0 Å². The summed E-state index contributed by atoms with van der Waals surface area (Å²) in [7, 11) is 0. The summed E-state index contributed by atoms with van der Waals surface area (Å²) < 4.78 is 47.1. The normalized spacial score (nSPS) is 12.1. The number of halogens is 4. The number of alkyl halides is 3. The smallest absolute Gasteiger partial charge is 0.422 e. The molecule has 2 aromatic heterocycles. The van der Waals surface area contributed by atoms with Crippen LogP contribution in [-0.2, 0) is 16.1 Å². The first-order valence-electron chi connectivity index (χ1n) is 9.03. The predicted molar refractivity (Wildman–Crippen MR) is 108 cm³/mol. The van der Waals surface area contributed by atoms with Crippen molar-refractivity contribution < 1.29 is 31.9 Å². The van der Waals surface area contributed by atoms with E-state index in [4.69, 9.17) is 21.8 Å². The van der Waals surface area contributed by atoms with Crippen molar-refractivity contribution in [3.63, 3.8) is 0 Å². The first-order valence-corrected chi connectivity index (χ1v) is 9.41. The first-order chi connectivity index (χ1) is 15.1. The molecule has 0 bridgehead atoms. The second kappa shape index (κ2) is 9.27. The van der Waals surface area contributed by atoms with Crippen LogP contribution < -0.4 is 11.1 Å². The lowest BCUT2D eigenvalue weighted by Gasteiger charge is -2.08. The summed E-state index contributed by atoms with van der Waals surface area (Å²) in [5.74, 6) is -1.65. The van der Waals surface area contributed by atoms with Crippen LogP contribution in [0.5, 0.6) is 0 Å². The van der Waals surface area contributed by atoms with E-state index in [9.17, 15) is 22.8 Å². The van der Waals surface area contributed by atoms with Gasteiger partial charge in [0.2, 0.25) is 0 Å². The Morgan fingerprint density at radius 2 is 1.97 bits per heavy atom. The van der Waals surface area contributed by atoms with E-state index in [0.717, 1.165) is 6.20 Å². The number of ether oxygens (including phenoxy) is 1. The molecule has 0 aliphatic carbocycles. The zero-order valence-electron chi connectivity index (χ0n) is 16.5. The third-order valence-corrected chi connectivity index (χ3v) is 4.57. The van der Waals surface area contributed by atoms with Gasteiger partial charge in [-0.05, 0) is 30.7 Å². The Bertz CT molecular complexity index is 1190. The number of nitrogens with one attached hydrogen (secondary N) is 1. The quantitative estimate of drug-likeness (QED) is 0.419. The molecule has 32 heavy (non-hydrogen) atoms. The maximum atomic E-state index is 12.5. The van der Waals surface area contributed by atoms with Crippen LogP contribution in [-0.4, -0.2) is 34.6 Å². The minimum absolute atomic E-state index is 0.00472. The molecule has 0 unspecified atom stereocenters. The number of rotatable bonds is 6. The number of hydrogen-bond donors (Lipinski definition) is 2. The molecule has 0 spiro atoms. The number of hydrogen-bond acceptors (Lipinski definition) is 7. The Morgan fingerprint density at radius 3 is 2.59 bits per heavy atom. The second-order valence-corrected chi connectivity index (χ2v) is 6.93. The molecular formula is C20H16ClF3N4O4. The summed E-state index contributed by atoms with van der Waals surface area (Å²) in [6, 6.07) is 4.49. The van der Waals surface area contributed by atoms with E-state index >= 15 is 0 Å². The Labute approximate surface area is 184 Å². The fraction of sp³-hybridized carbons (Fsp3) is 0.200. The number of fused-ring (bicyclic) bond motifs is 1. The van der Waals surface area contributed by atoms with Gasteiger partial charge in [0.15, 0.2) is 18.0 Å². The highest BCUT2D eigenvalue weighted by Crippen LogP contribution is 2.34. The highest BCUT2D eigenvalue weighted by atomic mass is 35.5. The number of benzene rings is 1. The number of carbonyl (C=O) groups is 2. The van der Waals surface area contributed by atoms with Gasteiger partial charge in [-0.1, -0.05) is 11.6 Å². The SMILES string of the molecule is Cc1cc(C(=O)OCC(F)(F)F)c2oc(CNC(=O)/C(=C/N)c3ncccn3)c(Cl)c2c1. The Hall–Kier alpha value is -3.60. The minimum atomic E-state index is -4.68. The summed E-state index contributed by atoms with van der Waals surface area (Å²) in [5, 5.41) is 2.92. The number of nitrogens with two attached hydrogens (primary N) is 1. The topological polar surface area (TPSA) is 120 Å². The van der Waals surface area contributed by atoms with Gasteiger partial charge in [-0.25, -0.2) is 14.8 Å². The van der Waals surface area contributed by atoms with E-state index in [-0.39, 0.29) is 45.3 Å². The number of carbonyl (C=O) groups excluding carboxylic acids is 2. The molecular weight excluding hydrogens is 453 g/mol. The molecule has 3 aromatic rings. The summed E-state index contributed by atoms with van der Waals surface area (Å²) >= 11 is 6.33. The monoisotopic (exact) mass is 468 g/mol. The molecule has 1 aromatic carbocycles. The van der Waals surface area contributed by atoms with Crippen LogP contribution >= 0.6 is 11.6 Å². The molecule has 0 fully saturated rings. The first kappa shape index (κ1) is 23.1. The van der Waals surface area contributed by atoms with Gasteiger partial charge >= 0.3 is 12.1 Å². The van der Waals surface area contributed by atoms with Crippen LogP contribution in [0.4, 0.5) is 13.2 Å². The van der Waals surface area contributed by atoms with E-state index < -0.39 is 24.7 Å². The standard InChI is InChI=1S/C20H16ClF3N4O4/c1-10-5-11-15(21)14(8-28-18(29)13(7-25)17-26-3-2-4-27-17)32-16(11)12(6-10)19(30)31-9-20(22,23)24/h2-7H,8-9,25H2,1H3,(H,28,29)/b13-7+.